The molecule has 2 aliphatic rings. The summed E-state index contributed by atoms with van der Waals surface area (Å²) >= 11 is 12.1. The number of rotatable bonds is 4. The van der Waals surface area contributed by atoms with Crippen LogP contribution in [-0.4, -0.2) is 41.0 Å². The third-order valence-corrected chi connectivity index (χ3v) is 6.03. The first-order valence-electron chi connectivity index (χ1n) is 8.13. The summed E-state index contributed by atoms with van der Waals surface area (Å²) in [7, 11) is 0. The monoisotopic (exact) mass is 400 g/mol. The summed E-state index contributed by atoms with van der Waals surface area (Å²) in [6.07, 6.45) is 1.30. The average Bonchev–Trinajstić information content (AvgIpc) is 2.95. The fraction of sp³-hybridized carbons (Fsp3) is 0.353. The Balaban J connectivity index is 0.00000210. The zero-order valence-corrected chi connectivity index (χ0v) is 16.3. The zero-order valence-electron chi connectivity index (χ0n) is 14.8. The van der Waals surface area contributed by atoms with E-state index in [0.29, 0.717) is 22.6 Å². The molecule has 0 bridgehead atoms. The standard InChI is InChI=1S/C17H16Cl2N4O3.Li/c1-7-12(18)13(19)15(21-7)16(24)22-14-9-5-23(6-10(9)14)11-3-2-8(4-20-11)17(25)26;/h2-4,9-10,14,21H,5-6H2,1H3,(H,22,24)(H,25,26);/q;+1/p-1/t9-,10+,14-;. The number of hydrogen-bond acceptors (Lipinski definition) is 5. The van der Waals surface area contributed by atoms with E-state index in [9.17, 15) is 14.7 Å². The summed E-state index contributed by atoms with van der Waals surface area (Å²) in [6.45, 7) is 3.27. The van der Waals surface area contributed by atoms with Crippen molar-refractivity contribution in [2.75, 3.05) is 18.0 Å². The largest absolute Gasteiger partial charge is 1.00 e. The van der Waals surface area contributed by atoms with Crippen molar-refractivity contribution in [1.82, 2.24) is 15.3 Å². The van der Waals surface area contributed by atoms with Crippen molar-refractivity contribution in [2.24, 2.45) is 11.8 Å². The minimum Gasteiger partial charge on any atom is -0.545 e. The van der Waals surface area contributed by atoms with Crippen molar-refractivity contribution in [3.05, 3.63) is 45.3 Å². The maximum Gasteiger partial charge on any atom is 1.00 e. The molecule has 3 atom stereocenters. The van der Waals surface area contributed by atoms with Gasteiger partial charge in [-0.2, -0.15) is 0 Å². The van der Waals surface area contributed by atoms with E-state index < -0.39 is 5.97 Å². The number of amides is 1. The first kappa shape index (κ1) is 20.1. The van der Waals surface area contributed by atoms with Crippen LogP contribution in [0, 0.1) is 18.8 Å². The number of pyridine rings is 1. The van der Waals surface area contributed by atoms with E-state index in [0.717, 1.165) is 18.9 Å². The van der Waals surface area contributed by atoms with Crippen LogP contribution in [0.2, 0.25) is 10.0 Å². The molecule has 0 aromatic carbocycles. The fourth-order valence-electron chi connectivity index (χ4n) is 3.57. The van der Waals surface area contributed by atoms with E-state index >= 15 is 0 Å². The van der Waals surface area contributed by atoms with E-state index in [1.54, 1.807) is 13.0 Å². The molecule has 2 fully saturated rings. The minimum absolute atomic E-state index is 0. The Bertz CT molecular complexity index is 890. The predicted octanol–water partition coefficient (Wildman–Crippen LogP) is -1.74. The number of carboxylic acid groups (broad SMARTS) is 1. The van der Waals surface area contributed by atoms with Crippen molar-refractivity contribution in [3.63, 3.8) is 0 Å². The quantitative estimate of drug-likeness (QED) is 0.593. The Morgan fingerprint density at radius 1 is 1.26 bits per heavy atom. The molecule has 4 rings (SSSR count). The summed E-state index contributed by atoms with van der Waals surface area (Å²) in [6, 6.07) is 3.26. The van der Waals surface area contributed by atoms with Gasteiger partial charge in [-0.3, -0.25) is 4.79 Å². The molecule has 3 heterocycles. The van der Waals surface area contributed by atoms with Gasteiger partial charge in [0.2, 0.25) is 0 Å². The molecule has 0 spiro atoms. The molecule has 1 aliphatic heterocycles. The summed E-state index contributed by atoms with van der Waals surface area (Å²) in [5.41, 5.74) is 1.01. The Kier molecular flexibility index (Phi) is 5.51. The van der Waals surface area contributed by atoms with Gasteiger partial charge in [0.1, 0.15) is 11.5 Å². The van der Waals surface area contributed by atoms with Gasteiger partial charge >= 0.3 is 18.9 Å². The summed E-state index contributed by atoms with van der Waals surface area (Å²) < 4.78 is 0. The maximum absolute atomic E-state index is 12.4. The first-order valence-corrected chi connectivity index (χ1v) is 8.89. The molecule has 7 nitrogen and oxygen atoms in total. The number of piperidine rings is 1. The Morgan fingerprint density at radius 3 is 2.41 bits per heavy atom. The molecular formula is C17H15Cl2LiN4O3. The molecule has 0 radical (unpaired) electrons. The number of nitrogens with one attached hydrogen (secondary N) is 2. The summed E-state index contributed by atoms with van der Waals surface area (Å²) in [4.78, 5) is 32.3. The van der Waals surface area contributed by atoms with Crippen LogP contribution in [0.4, 0.5) is 5.82 Å². The van der Waals surface area contributed by atoms with Crippen molar-refractivity contribution >= 4 is 40.9 Å². The third kappa shape index (κ3) is 3.57. The maximum atomic E-state index is 12.4. The number of aromatic carboxylic acids is 1. The molecule has 27 heavy (non-hydrogen) atoms. The van der Waals surface area contributed by atoms with E-state index in [2.05, 4.69) is 20.2 Å². The summed E-state index contributed by atoms with van der Waals surface area (Å²) in [5.74, 6) is -0.0948. The van der Waals surface area contributed by atoms with Crippen LogP contribution in [0.3, 0.4) is 0 Å². The van der Waals surface area contributed by atoms with E-state index in [-0.39, 0.29) is 47.1 Å². The first-order chi connectivity index (χ1) is 12.4. The number of halogens is 2. The van der Waals surface area contributed by atoms with Crippen LogP contribution in [0.1, 0.15) is 26.5 Å². The zero-order chi connectivity index (χ0) is 18.6. The van der Waals surface area contributed by atoms with Gasteiger partial charge in [-0.1, -0.05) is 23.2 Å². The SMILES string of the molecule is Cc1[nH]c(C(=O)N[C@@H]2[C@@H]3CN(c4ccc(C(=O)[O-])cn4)C[C@@H]32)c(Cl)c1Cl.[Li+]. The third-order valence-electron chi connectivity index (χ3n) is 5.08. The van der Waals surface area contributed by atoms with Crippen LogP contribution in [0.5, 0.6) is 0 Å². The topological polar surface area (TPSA) is 101 Å². The molecule has 1 saturated carbocycles. The Morgan fingerprint density at radius 2 is 1.93 bits per heavy atom. The molecule has 1 saturated heterocycles. The van der Waals surface area contributed by atoms with Gasteiger partial charge < -0.3 is 25.1 Å². The number of aromatic nitrogens is 2. The van der Waals surface area contributed by atoms with Gasteiger partial charge in [-0.25, -0.2) is 4.98 Å². The number of hydrogen-bond donors (Lipinski definition) is 2. The van der Waals surface area contributed by atoms with E-state index in [4.69, 9.17) is 23.2 Å². The molecule has 136 valence electrons. The van der Waals surface area contributed by atoms with Crippen LogP contribution < -0.4 is 34.2 Å². The van der Waals surface area contributed by atoms with E-state index in [1.165, 1.54) is 12.3 Å². The van der Waals surface area contributed by atoms with Gasteiger partial charge in [-0.15, -0.1) is 0 Å². The normalized spacial score (nSPS) is 22.8. The van der Waals surface area contributed by atoms with Gasteiger partial charge in [0.25, 0.3) is 5.91 Å². The number of carbonyl (C=O) groups is 2. The van der Waals surface area contributed by atoms with Gasteiger partial charge in [0.15, 0.2) is 0 Å². The average molecular weight is 401 g/mol. The number of nitrogens with zero attached hydrogens (tertiary/aromatic N) is 2. The predicted molar refractivity (Wildman–Crippen MR) is 94.6 cm³/mol. The van der Waals surface area contributed by atoms with E-state index in [1.807, 2.05) is 0 Å². The number of anilines is 1. The molecule has 0 unspecified atom stereocenters. The second-order valence-corrected chi connectivity index (χ2v) is 7.43. The van der Waals surface area contributed by atoms with Gasteiger partial charge in [-0.05, 0) is 19.1 Å². The van der Waals surface area contributed by atoms with Gasteiger partial charge in [0, 0.05) is 48.4 Å². The van der Waals surface area contributed by atoms with Crippen molar-refractivity contribution in [2.45, 2.75) is 13.0 Å². The second-order valence-electron chi connectivity index (χ2n) is 6.68. The molecule has 10 heteroatoms. The number of H-pyrrole nitrogens is 1. The van der Waals surface area contributed by atoms with Crippen LogP contribution in [0.15, 0.2) is 18.3 Å². The number of fused-ring (bicyclic) bond motifs is 1. The van der Waals surface area contributed by atoms with Gasteiger partial charge in [0.05, 0.1) is 16.0 Å². The molecular weight excluding hydrogens is 386 g/mol. The van der Waals surface area contributed by atoms with Crippen LogP contribution in [-0.2, 0) is 0 Å². The molecule has 2 N–H and O–H groups in total. The number of carbonyl (C=O) groups excluding carboxylic acids is 2. The van der Waals surface area contributed by atoms with Crippen molar-refractivity contribution in [3.8, 4) is 0 Å². The van der Waals surface area contributed by atoms with Crippen LogP contribution >= 0.6 is 23.2 Å². The minimum atomic E-state index is -1.24. The van der Waals surface area contributed by atoms with Crippen molar-refractivity contribution in [1.29, 1.82) is 0 Å². The fourth-order valence-corrected chi connectivity index (χ4v) is 3.99. The second kappa shape index (κ2) is 7.40. The molecule has 1 aliphatic carbocycles. The molecule has 1 amide bonds. The molecule has 2 aromatic heterocycles. The number of aromatic amines is 1. The number of aryl methyl sites for hydroxylation is 1. The van der Waals surface area contributed by atoms with Crippen LogP contribution in [0.25, 0.3) is 0 Å². The Labute approximate surface area is 177 Å². The van der Waals surface area contributed by atoms with Crippen molar-refractivity contribution < 1.29 is 33.6 Å². The molecule has 2 aromatic rings. The smallest absolute Gasteiger partial charge is 0.545 e. The summed E-state index contributed by atoms with van der Waals surface area (Å²) in [5, 5.41) is 14.4. The Hall–Kier alpha value is -1.65. The number of carboxylic acids is 1.